The highest BCUT2D eigenvalue weighted by molar-refractivity contribution is 7.98. The number of halogens is 3. The lowest BCUT2D eigenvalue weighted by Crippen LogP contribution is -2.05. The Morgan fingerprint density at radius 1 is 1.07 bits per heavy atom. The van der Waals surface area contributed by atoms with Gasteiger partial charge in [0.05, 0.1) is 28.9 Å². The summed E-state index contributed by atoms with van der Waals surface area (Å²) in [5.74, 6) is 1.28. The summed E-state index contributed by atoms with van der Waals surface area (Å²) in [5, 5.41) is 4.68. The zero-order valence-electron chi connectivity index (χ0n) is 14.9. The summed E-state index contributed by atoms with van der Waals surface area (Å²) in [6, 6.07) is 13.4. The van der Waals surface area contributed by atoms with Crippen molar-refractivity contribution in [2.75, 3.05) is 0 Å². The molecule has 0 aliphatic rings. The monoisotopic (exact) mass is 403 g/mol. The molecule has 28 heavy (non-hydrogen) atoms. The Labute approximate surface area is 163 Å². The second-order valence-corrected chi connectivity index (χ2v) is 7.20. The van der Waals surface area contributed by atoms with Gasteiger partial charge in [-0.1, -0.05) is 42.1 Å². The van der Waals surface area contributed by atoms with E-state index >= 15 is 0 Å². The summed E-state index contributed by atoms with van der Waals surface area (Å²) < 4.78 is 42.9. The predicted molar refractivity (Wildman–Crippen MR) is 101 cm³/mol. The Morgan fingerprint density at radius 2 is 1.86 bits per heavy atom. The van der Waals surface area contributed by atoms with Crippen molar-refractivity contribution in [3.8, 4) is 0 Å². The Balaban J connectivity index is 1.74. The molecule has 4 rings (SSSR count). The number of nitrogens with zero attached hydrogens (tertiary/aromatic N) is 5. The Hall–Kier alpha value is -2.81. The highest BCUT2D eigenvalue weighted by Gasteiger charge is 2.31. The number of aryl methyl sites for hydroxylation is 1. The van der Waals surface area contributed by atoms with Crippen LogP contribution in [0.25, 0.3) is 11.0 Å². The molecular weight excluding hydrogens is 387 g/mol. The van der Waals surface area contributed by atoms with Crippen molar-refractivity contribution in [1.29, 1.82) is 0 Å². The van der Waals surface area contributed by atoms with E-state index < -0.39 is 11.7 Å². The van der Waals surface area contributed by atoms with Gasteiger partial charge in [0, 0.05) is 7.05 Å². The second kappa shape index (κ2) is 7.31. The van der Waals surface area contributed by atoms with Gasteiger partial charge in [-0.15, -0.1) is 0 Å². The minimum absolute atomic E-state index is 0.325. The van der Waals surface area contributed by atoms with Crippen LogP contribution in [-0.4, -0.2) is 24.3 Å². The zero-order valence-corrected chi connectivity index (χ0v) is 15.7. The van der Waals surface area contributed by atoms with Crippen molar-refractivity contribution in [3.05, 3.63) is 71.8 Å². The summed E-state index contributed by atoms with van der Waals surface area (Å²) in [6.07, 6.45) is -2.93. The number of imidazole rings is 1. The van der Waals surface area contributed by atoms with E-state index in [1.807, 2.05) is 34.9 Å². The first-order valence-electron chi connectivity index (χ1n) is 8.49. The molecule has 0 bridgehead atoms. The molecule has 2 aromatic carbocycles. The normalized spacial score (nSPS) is 12.0. The van der Waals surface area contributed by atoms with Crippen molar-refractivity contribution in [3.63, 3.8) is 0 Å². The maximum absolute atomic E-state index is 13.1. The number of aromatic nitrogens is 5. The summed E-state index contributed by atoms with van der Waals surface area (Å²) in [4.78, 5) is 8.67. The molecule has 0 fully saturated rings. The molecule has 0 amide bonds. The minimum atomic E-state index is -4.40. The summed E-state index contributed by atoms with van der Waals surface area (Å²) >= 11 is 1.42. The fraction of sp³-hybridized carbons (Fsp3) is 0.211. The van der Waals surface area contributed by atoms with Crippen LogP contribution in [0.3, 0.4) is 0 Å². The maximum atomic E-state index is 13.1. The van der Waals surface area contributed by atoms with Crippen molar-refractivity contribution in [2.24, 2.45) is 7.05 Å². The maximum Gasteiger partial charge on any atom is 0.416 e. The topological polar surface area (TPSA) is 48.5 Å². The molecule has 0 unspecified atom stereocenters. The molecule has 0 saturated carbocycles. The van der Waals surface area contributed by atoms with Crippen LogP contribution in [-0.2, 0) is 25.5 Å². The molecule has 144 valence electrons. The number of hydrogen-bond acceptors (Lipinski definition) is 4. The zero-order chi connectivity index (χ0) is 19.7. The van der Waals surface area contributed by atoms with Crippen molar-refractivity contribution in [1.82, 2.24) is 24.3 Å². The van der Waals surface area contributed by atoms with Crippen LogP contribution in [0.15, 0.2) is 60.0 Å². The molecule has 5 nitrogen and oxygen atoms in total. The Kier molecular flexibility index (Phi) is 4.84. The first-order valence-corrected chi connectivity index (χ1v) is 9.47. The molecule has 0 saturated heterocycles. The van der Waals surface area contributed by atoms with Crippen molar-refractivity contribution in [2.45, 2.75) is 23.6 Å². The molecule has 9 heteroatoms. The van der Waals surface area contributed by atoms with Gasteiger partial charge in [0.25, 0.3) is 0 Å². The van der Waals surface area contributed by atoms with Gasteiger partial charge in [0.2, 0.25) is 0 Å². The number of thioether (sulfide) groups is 1. The van der Waals surface area contributed by atoms with Crippen LogP contribution >= 0.6 is 11.8 Å². The smallest absolute Gasteiger partial charge is 0.314 e. The highest BCUT2D eigenvalue weighted by atomic mass is 32.2. The van der Waals surface area contributed by atoms with E-state index in [1.54, 1.807) is 11.7 Å². The van der Waals surface area contributed by atoms with Crippen LogP contribution < -0.4 is 0 Å². The van der Waals surface area contributed by atoms with E-state index in [2.05, 4.69) is 15.1 Å². The van der Waals surface area contributed by atoms with Crippen LogP contribution in [0.1, 0.15) is 17.0 Å². The van der Waals surface area contributed by atoms with Gasteiger partial charge in [-0.25, -0.2) is 9.97 Å². The van der Waals surface area contributed by atoms with Gasteiger partial charge in [-0.05, 0) is 23.8 Å². The Morgan fingerprint density at radius 3 is 2.54 bits per heavy atom. The highest BCUT2D eigenvalue weighted by Crippen LogP contribution is 2.33. The van der Waals surface area contributed by atoms with E-state index in [-0.39, 0.29) is 0 Å². The van der Waals surface area contributed by atoms with E-state index in [9.17, 15) is 13.2 Å². The molecule has 0 N–H and O–H groups in total. The third-order valence-corrected chi connectivity index (χ3v) is 5.33. The minimum Gasteiger partial charge on any atom is -0.314 e. The van der Waals surface area contributed by atoms with E-state index in [1.165, 1.54) is 24.2 Å². The molecule has 2 aromatic heterocycles. The quantitative estimate of drug-likeness (QED) is 0.460. The third-order valence-electron chi connectivity index (χ3n) is 4.36. The van der Waals surface area contributed by atoms with Gasteiger partial charge in [-0.3, -0.25) is 4.68 Å². The average Bonchev–Trinajstić information content (AvgIpc) is 3.23. The molecule has 0 spiro atoms. The van der Waals surface area contributed by atoms with E-state index in [0.717, 1.165) is 23.5 Å². The fourth-order valence-corrected chi connectivity index (χ4v) is 3.89. The van der Waals surface area contributed by atoms with Crippen LogP contribution in [0.2, 0.25) is 0 Å². The van der Waals surface area contributed by atoms with E-state index in [4.69, 9.17) is 0 Å². The molecule has 0 aliphatic heterocycles. The van der Waals surface area contributed by atoms with Crippen LogP contribution in [0.4, 0.5) is 13.2 Å². The lowest BCUT2D eigenvalue weighted by Gasteiger charge is -2.10. The van der Waals surface area contributed by atoms with Crippen LogP contribution in [0, 0.1) is 0 Å². The molecule has 0 atom stereocenters. The first-order chi connectivity index (χ1) is 13.4. The summed E-state index contributed by atoms with van der Waals surface area (Å²) in [7, 11) is 1.80. The number of rotatable bonds is 5. The second-order valence-electron chi connectivity index (χ2n) is 6.26. The largest absolute Gasteiger partial charge is 0.416 e. The lowest BCUT2D eigenvalue weighted by molar-refractivity contribution is -0.137. The van der Waals surface area contributed by atoms with E-state index in [0.29, 0.717) is 28.5 Å². The summed E-state index contributed by atoms with van der Waals surface area (Å²) in [6.45, 7) is 0.518. The van der Waals surface area contributed by atoms with Crippen LogP contribution in [0.5, 0.6) is 0 Å². The average molecular weight is 403 g/mol. The van der Waals surface area contributed by atoms with Crippen molar-refractivity contribution < 1.29 is 13.2 Å². The van der Waals surface area contributed by atoms with Crippen molar-refractivity contribution >= 4 is 22.8 Å². The number of benzene rings is 2. The predicted octanol–water partition coefficient (Wildman–Crippen LogP) is 4.52. The Bertz CT molecular complexity index is 1100. The van der Waals surface area contributed by atoms with Gasteiger partial charge in [0.15, 0.2) is 5.16 Å². The van der Waals surface area contributed by atoms with Gasteiger partial charge in [-0.2, -0.15) is 18.3 Å². The summed E-state index contributed by atoms with van der Waals surface area (Å²) in [5.41, 5.74) is 1.33. The molecule has 2 heterocycles. The number of hydrogen-bond donors (Lipinski definition) is 0. The fourth-order valence-electron chi connectivity index (χ4n) is 2.89. The SMILES string of the molecule is Cn1ncnc1CSc1nc2cc(C(F)(F)F)ccc2n1Cc1ccccc1. The standard InChI is InChI=1S/C19H16F3N5S/c1-26-17(23-12-24-26)11-28-18-25-15-9-14(19(20,21)22)7-8-16(15)27(18)10-13-5-3-2-4-6-13/h2-9,12H,10-11H2,1H3. The molecule has 4 aromatic rings. The third kappa shape index (κ3) is 3.75. The molecular formula is C19H16F3N5S. The first kappa shape index (κ1) is 18.5. The van der Waals surface area contributed by atoms with Gasteiger partial charge >= 0.3 is 6.18 Å². The van der Waals surface area contributed by atoms with Gasteiger partial charge in [0.1, 0.15) is 12.2 Å². The number of alkyl halides is 3. The molecule has 0 radical (unpaired) electrons. The number of fused-ring (bicyclic) bond motifs is 1. The van der Waals surface area contributed by atoms with Gasteiger partial charge < -0.3 is 4.57 Å². The lowest BCUT2D eigenvalue weighted by atomic mass is 10.2. The molecule has 0 aliphatic carbocycles.